The van der Waals surface area contributed by atoms with E-state index < -0.39 is 0 Å². The van der Waals surface area contributed by atoms with Crippen molar-refractivity contribution in [2.24, 2.45) is 0 Å². The lowest BCUT2D eigenvalue weighted by molar-refractivity contribution is -0.129. The summed E-state index contributed by atoms with van der Waals surface area (Å²) in [6.07, 6.45) is 1.89. The van der Waals surface area contributed by atoms with E-state index in [1.165, 1.54) is 23.5 Å². The molecule has 2 amide bonds. The predicted octanol–water partition coefficient (Wildman–Crippen LogP) is 2.85. The predicted molar refractivity (Wildman–Crippen MR) is 91.5 cm³/mol. The molecule has 1 aliphatic heterocycles. The summed E-state index contributed by atoms with van der Waals surface area (Å²) < 4.78 is 13.4. The van der Waals surface area contributed by atoms with E-state index in [2.05, 4.69) is 5.32 Å². The number of rotatable bonds is 6. The van der Waals surface area contributed by atoms with Gasteiger partial charge in [-0.3, -0.25) is 9.59 Å². The van der Waals surface area contributed by atoms with Crippen molar-refractivity contribution in [1.82, 2.24) is 10.2 Å². The minimum absolute atomic E-state index is 0.0983. The highest BCUT2D eigenvalue weighted by Crippen LogP contribution is 2.18. The lowest BCUT2D eigenvalue weighted by Crippen LogP contribution is -2.45. The third kappa shape index (κ3) is 4.00. The lowest BCUT2D eigenvalue weighted by Gasteiger charge is -2.28. The number of carbonyl (C=O) groups is 2. The molecule has 3 rings (SSSR count). The molecule has 0 bridgehead atoms. The highest BCUT2D eigenvalue weighted by Gasteiger charge is 2.28. The molecule has 0 unspecified atom stereocenters. The molecular weight excluding hydrogens is 327 g/mol. The van der Waals surface area contributed by atoms with Crippen molar-refractivity contribution < 1.29 is 14.0 Å². The van der Waals surface area contributed by atoms with E-state index in [0.29, 0.717) is 31.5 Å². The Bertz CT molecular complexity index is 718. The molecule has 2 aromatic rings. The van der Waals surface area contributed by atoms with E-state index in [1.807, 2.05) is 11.4 Å². The first-order chi connectivity index (χ1) is 11.6. The third-order valence-electron chi connectivity index (χ3n) is 4.19. The summed E-state index contributed by atoms with van der Waals surface area (Å²) in [5.41, 5.74) is 1.45. The zero-order chi connectivity index (χ0) is 16.9. The second-order valence-corrected chi connectivity index (χ2v) is 6.68. The number of likely N-dealkylation sites (tertiary alicyclic amines) is 1. The van der Waals surface area contributed by atoms with Gasteiger partial charge in [0.25, 0.3) is 5.91 Å². The van der Waals surface area contributed by atoms with Gasteiger partial charge in [-0.15, -0.1) is 0 Å². The van der Waals surface area contributed by atoms with Crippen LogP contribution < -0.4 is 5.32 Å². The second-order valence-electron chi connectivity index (χ2n) is 5.90. The van der Waals surface area contributed by atoms with Crippen LogP contribution in [-0.2, 0) is 11.2 Å². The van der Waals surface area contributed by atoms with Crippen LogP contribution in [0.5, 0.6) is 0 Å². The van der Waals surface area contributed by atoms with Crippen molar-refractivity contribution in [2.75, 3.05) is 13.1 Å². The molecule has 1 saturated heterocycles. The number of carbonyl (C=O) groups excluding carboxylic acids is 2. The molecule has 0 spiro atoms. The summed E-state index contributed by atoms with van der Waals surface area (Å²) in [6, 6.07) is 7.99. The summed E-state index contributed by atoms with van der Waals surface area (Å²) in [5, 5.41) is 6.54. The summed E-state index contributed by atoms with van der Waals surface area (Å²) in [4.78, 5) is 26.0. The molecule has 126 valence electrons. The second kappa shape index (κ2) is 7.57. The van der Waals surface area contributed by atoms with Gasteiger partial charge < -0.3 is 10.2 Å². The maximum Gasteiger partial charge on any atom is 0.252 e. The van der Waals surface area contributed by atoms with Crippen molar-refractivity contribution in [1.29, 1.82) is 0 Å². The smallest absolute Gasteiger partial charge is 0.252 e. The Hall–Kier alpha value is -2.21. The molecule has 4 nitrogen and oxygen atoms in total. The maximum absolute atomic E-state index is 13.4. The quantitative estimate of drug-likeness (QED) is 0.874. The van der Waals surface area contributed by atoms with Crippen molar-refractivity contribution in [3.8, 4) is 0 Å². The van der Waals surface area contributed by atoms with Gasteiger partial charge in [0.1, 0.15) is 5.82 Å². The average molecular weight is 346 g/mol. The van der Waals surface area contributed by atoms with Gasteiger partial charge in [0.15, 0.2) is 0 Å². The Morgan fingerprint density at radius 2 is 2.25 bits per heavy atom. The molecule has 1 aliphatic rings. The van der Waals surface area contributed by atoms with Gasteiger partial charge in [0.2, 0.25) is 5.91 Å². The van der Waals surface area contributed by atoms with Crippen LogP contribution in [0.25, 0.3) is 0 Å². The highest BCUT2D eigenvalue weighted by molar-refractivity contribution is 7.08. The Morgan fingerprint density at radius 3 is 2.92 bits per heavy atom. The Morgan fingerprint density at radius 1 is 1.38 bits per heavy atom. The van der Waals surface area contributed by atoms with Crippen LogP contribution >= 0.6 is 11.3 Å². The van der Waals surface area contributed by atoms with Crippen LogP contribution in [0.1, 0.15) is 28.8 Å². The number of nitrogens with zero attached hydrogens (tertiary/aromatic N) is 1. The van der Waals surface area contributed by atoms with Gasteiger partial charge in [-0.25, -0.2) is 4.39 Å². The van der Waals surface area contributed by atoms with E-state index in [0.717, 1.165) is 12.0 Å². The molecule has 0 radical (unpaired) electrons. The Kier molecular flexibility index (Phi) is 5.25. The van der Waals surface area contributed by atoms with Crippen LogP contribution in [0.4, 0.5) is 4.39 Å². The number of amides is 2. The molecule has 0 saturated carbocycles. The number of hydrogen-bond acceptors (Lipinski definition) is 3. The fourth-order valence-electron chi connectivity index (χ4n) is 2.99. The third-order valence-corrected chi connectivity index (χ3v) is 4.88. The summed E-state index contributed by atoms with van der Waals surface area (Å²) in [5.74, 6) is -0.338. The van der Waals surface area contributed by atoms with Gasteiger partial charge in [0.05, 0.1) is 6.04 Å². The molecule has 6 heteroatoms. The van der Waals surface area contributed by atoms with Crippen molar-refractivity contribution in [2.45, 2.75) is 25.3 Å². The number of halogens is 1. The van der Waals surface area contributed by atoms with E-state index in [1.54, 1.807) is 22.4 Å². The zero-order valence-electron chi connectivity index (χ0n) is 13.2. The number of thiophene rings is 1. The molecule has 1 aromatic heterocycles. The van der Waals surface area contributed by atoms with Crippen LogP contribution in [-0.4, -0.2) is 35.8 Å². The fourth-order valence-corrected chi connectivity index (χ4v) is 3.63. The number of hydrogen-bond donors (Lipinski definition) is 1. The van der Waals surface area contributed by atoms with E-state index in [-0.39, 0.29) is 23.7 Å². The molecule has 1 atom stereocenters. The molecular formula is C18H19FN2O2S. The van der Waals surface area contributed by atoms with Gasteiger partial charge in [-0.1, -0.05) is 12.1 Å². The normalized spacial score (nSPS) is 15.5. The van der Waals surface area contributed by atoms with Gasteiger partial charge >= 0.3 is 0 Å². The molecule has 1 N–H and O–H groups in total. The van der Waals surface area contributed by atoms with Crippen LogP contribution in [0.15, 0.2) is 41.1 Å². The van der Waals surface area contributed by atoms with E-state index >= 15 is 0 Å². The fraction of sp³-hybridized carbons (Fsp3) is 0.333. The van der Waals surface area contributed by atoms with E-state index in [4.69, 9.17) is 0 Å². The Labute approximate surface area is 144 Å². The largest absolute Gasteiger partial charge is 0.350 e. The standard InChI is InChI=1S/C18H19FN2O2S/c19-15-4-1-3-13(9-15)10-16(21-7-2-5-17(21)22)11-20-18(23)14-6-8-24-12-14/h1,3-4,6,8-9,12,16H,2,5,7,10-11H2,(H,20,23)/t16-/m1/s1. The van der Waals surface area contributed by atoms with Crippen molar-refractivity contribution in [3.05, 3.63) is 58.0 Å². The molecule has 1 fully saturated rings. The first kappa shape index (κ1) is 16.6. The Balaban J connectivity index is 1.70. The maximum atomic E-state index is 13.4. The first-order valence-electron chi connectivity index (χ1n) is 7.98. The highest BCUT2D eigenvalue weighted by atomic mass is 32.1. The minimum atomic E-state index is -0.290. The summed E-state index contributed by atoms with van der Waals surface area (Å²) >= 11 is 1.47. The number of nitrogens with one attached hydrogen (secondary N) is 1. The van der Waals surface area contributed by atoms with Gasteiger partial charge in [-0.05, 0) is 42.0 Å². The first-order valence-corrected chi connectivity index (χ1v) is 8.92. The van der Waals surface area contributed by atoms with Gasteiger partial charge in [-0.2, -0.15) is 11.3 Å². The lowest BCUT2D eigenvalue weighted by atomic mass is 10.0. The topological polar surface area (TPSA) is 49.4 Å². The minimum Gasteiger partial charge on any atom is -0.350 e. The molecule has 24 heavy (non-hydrogen) atoms. The van der Waals surface area contributed by atoms with E-state index in [9.17, 15) is 14.0 Å². The zero-order valence-corrected chi connectivity index (χ0v) is 14.0. The molecule has 2 heterocycles. The van der Waals surface area contributed by atoms with Crippen molar-refractivity contribution in [3.63, 3.8) is 0 Å². The van der Waals surface area contributed by atoms with Crippen LogP contribution in [0.2, 0.25) is 0 Å². The van der Waals surface area contributed by atoms with Crippen molar-refractivity contribution >= 4 is 23.2 Å². The average Bonchev–Trinajstić information content (AvgIpc) is 3.23. The van der Waals surface area contributed by atoms with Crippen LogP contribution in [0, 0.1) is 5.82 Å². The SMILES string of the molecule is O=C(NC[C@@H](Cc1cccc(F)c1)N1CCCC1=O)c1ccsc1. The summed E-state index contributed by atoms with van der Waals surface area (Å²) in [6.45, 7) is 1.05. The monoisotopic (exact) mass is 346 g/mol. The molecule has 1 aromatic carbocycles. The van der Waals surface area contributed by atoms with Gasteiger partial charge in [0, 0.05) is 30.5 Å². The summed E-state index contributed by atoms with van der Waals surface area (Å²) in [7, 11) is 0. The number of benzene rings is 1. The molecule has 0 aliphatic carbocycles. The van der Waals surface area contributed by atoms with Crippen LogP contribution in [0.3, 0.4) is 0 Å².